The maximum absolute atomic E-state index is 12.6. The van der Waals surface area contributed by atoms with E-state index in [-0.39, 0.29) is 6.04 Å². The monoisotopic (exact) mass is 485 g/mol. The molecule has 4 heteroatoms. The quantitative estimate of drug-likeness (QED) is 0.377. The van der Waals surface area contributed by atoms with Gasteiger partial charge in [0.25, 0.3) is 0 Å². The number of carboxylic acids is 1. The van der Waals surface area contributed by atoms with E-state index in [1.807, 2.05) is 20.8 Å². The van der Waals surface area contributed by atoms with E-state index < -0.39 is 17.7 Å². The second-order valence-electron chi connectivity index (χ2n) is 11.0. The van der Waals surface area contributed by atoms with Gasteiger partial charge in [-0.15, -0.1) is 0 Å². The fraction of sp³-hybridized carbons (Fsp3) is 0.406. The van der Waals surface area contributed by atoms with Crippen molar-refractivity contribution in [1.82, 2.24) is 5.32 Å². The molecule has 1 aliphatic heterocycles. The van der Waals surface area contributed by atoms with Crippen LogP contribution in [-0.4, -0.2) is 23.2 Å². The van der Waals surface area contributed by atoms with Gasteiger partial charge in [-0.25, -0.2) is 4.79 Å². The maximum Gasteiger partial charge on any atom is 0.337 e. The molecule has 3 aromatic rings. The minimum atomic E-state index is -1.04. The summed E-state index contributed by atoms with van der Waals surface area (Å²) in [7, 11) is 0. The molecular weight excluding hydrogens is 446 g/mol. The first-order valence-corrected chi connectivity index (χ1v) is 13.0. The van der Waals surface area contributed by atoms with Gasteiger partial charge in [0.1, 0.15) is 0 Å². The van der Waals surface area contributed by atoms with Crippen molar-refractivity contribution in [2.45, 2.75) is 78.6 Å². The molecule has 3 aromatic carbocycles. The van der Waals surface area contributed by atoms with Crippen LogP contribution in [0.4, 0.5) is 0 Å². The lowest BCUT2D eigenvalue weighted by Gasteiger charge is -2.35. The van der Waals surface area contributed by atoms with E-state index in [0.29, 0.717) is 0 Å². The first kappa shape index (κ1) is 26.1. The van der Waals surface area contributed by atoms with Gasteiger partial charge in [-0.2, -0.15) is 0 Å². The topological polar surface area (TPSA) is 58.6 Å². The normalized spacial score (nSPS) is 16.4. The van der Waals surface area contributed by atoms with Crippen molar-refractivity contribution in [3.63, 3.8) is 0 Å². The molecule has 0 saturated carbocycles. The molecule has 2 N–H and O–H groups in total. The molecule has 4 nitrogen and oxygen atoms in total. The van der Waals surface area contributed by atoms with E-state index >= 15 is 0 Å². The van der Waals surface area contributed by atoms with E-state index in [1.54, 1.807) is 0 Å². The van der Waals surface area contributed by atoms with Crippen LogP contribution in [0, 0.1) is 20.8 Å². The van der Waals surface area contributed by atoms with Crippen molar-refractivity contribution in [3.05, 3.63) is 93.5 Å². The number of carbonyl (C=O) groups is 1. The Hall–Kier alpha value is -2.95. The average Bonchev–Trinajstić information content (AvgIpc) is 2.84. The predicted octanol–water partition coefficient (Wildman–Crippen LogP) is 7.04. The Morgan fingerprint density at radius 1 is 1.03 bits per heavy atom. The van der Waals surface area contributed by atoms with Crippen LogP contribution in [0.5, 0.6) is 0 Å². The number of ether oxygens (including phenoxy) is 1. The van der Waals surface area contributed by atoms with Gasteiger partial charge in [0.15, 0.2) is 6.10 Å². The first-order chi connectivity index (χ1) is 17.1. The summed E-state index contributed by atoms with van der Waals surface area (Å²) < 4.78 is 6.22. The van der Waals surface area contributed by atoms with Crippen LogP contribution in [0.25, 0.3) is 11.1 Å². The zero-order valence-electron chi connectivity index (χ0n) is 22.4. The number of fused-ring (bicyclic) bond motifs is 1. The largest absolute Gasteiger partial charge is 0.479 e. The molecule has 1 heterocycles. The lowest BCUT2D eigenvalue weighted by Crippen LogP contribution is -2.34. The summed E-state index contributed by atoms with van der Waals surface area (Å²) in [6, 6.07) is 19.2. The summed E-state index contributed by atoms with van der Waals surface area (Å²) in [5.74, 6) is -0.949. The van der Waals surface area contributed by atoms with E-state index in [0.717, 1.165) is 53.6 Å². The highest BCUT2D eigenvalue weighted by Gasteiger charge is 2.35. The highest BCUT2D eigenvalue weighted by molar-refractivity contribution is 5.84. The van der Waals surface area contributed by atoms with Gasteiger partial charge in [-0.05, 0) is 106 Å². The number of benzene rings is 3. The Balaban J connectivity index is 1.90. The summed E-state index contributed by atoms with van der Waals surface area (Å²) in [6.45, 7) is 13.0. The third-order valence-electron chi connectivity index (χ3n) is 7.21. The van der Waals surface area contributed by atoms with Gasteiger partial charge in [-0.1, -0.05) is 60.2 Å². The van der Waals surface area contributed by atoms with Gasteiger partial charge >= 0.3 is 5.97 Å². The van der Waals surface area contributed by atoms with Crippen LogP contribution in [0.15, 0.2) is 54.6 Å². The average molecular weight is 486 g/mol. The zero-order chi connectivity index (χ0) is 26.0. The molecule has 0 aliphatic carbocycles. The van der Waals surface area contributed by atoms with E-state index in [2.05, 4.69) is 80.7 Å². The number of hydrogen-bond acceptors (Lipinski definition) is 3. The minimum absolute atomic E-state index is 0.220. The Labute approximate surface area is 215 Å². The highest BCUT2D eigenvalue weighted by atomic mass is 16.5. The minimum Gasteiger partial charge on any atom is -0.479 e. The van der Waals surface area contributed by atoms with Crippen molar-refractivity contribution in [3.8, 4) is 11.1 Å². The van der Waals surface area contributed by atoms with Crippen LogP contribution in [0.2, 0.25) is 0 Å². The van der Waals surface area contributed by atoms with Crippen molar-refractivity contribution in [2.75, 3.05) is 6.54 Å². The molecule has 0 spiro atoms. The van der Waals surface area contributed by atoms with E-state index in [4.69, 9.17) is 4.74 Å². The van der Waals surface area contributed by atoms with Gasteiger partial charge in [-0.3, -0.25) is 0 Å². The van der Waals surface area contributed by atoms with Crippen molar-refractivity contribution in [1.29, 1.82) is 0 Å². The Morgan fingerprint density at radius 3 is 2.31 bits per heavy atom. The summed E-state index contributed by atoms with van der Waals surface area (Å²) in [5.41, 5.74) is 9.55. The number of nitrogens with one attached hydrogen (secondary N) is 1. The Kier molecular flexibility index (Phi) is 7.67. The lowest BCUT2D eigenvalue weighted by molar-refractivity contribution is -0.160. The molecule has 1 unspecified atom stereocenters. The van der Waals surface area contributed by atoms with Gasteiger partial charge in [0.2, 0.25) is 0 Å². The SMILES string of the molecule is Cc1ccc(-c2c(C)c3c(c(C)c2[C@H](OC(C)(C)C)C(=O)O)CCNC3CCc2ccccc2)cc1. The number of hydrogen-bond donors (Lipinski definition) is 2. The third-order valence-corrected chi connectivity index (χ3v) is 7.21. The molecular formula is C32H39NO3. The molecule has 36 heavy (non-hydrogen) atoms. The van der Waals surface area contributed by atoms with Crippen molar-refractivity contribution < 1.29 is 14.6 Å². The zero-order valence-corrected chi connectivity index (χ0v) is 22.4. The summed E-state index contributed by atoms with van der Waals surface area (Å²) in [5, 5.41) is 14.1. The first-order valence-electron chi connectivity index (χ1n) is 13.0. The standard InChI is InChI=1S/C32H39NO3/c1-20-12-15-24(16-13-20)27-22(3)28-25(21(2)29(27)30(31(34)35)36-32(4,5)6)18-19-33-26(28)17-14-23-10-8-7-9-11-23/h7-13,15-16,26,30,33H,14,17-19H2,1-6H3,(H,34,35)/t26?,30-/m0/s1. The number of aliphatic carboxylic acids is 1. The van der Waals surface area contributed by atoms with Crippen LogP contribution in [0.3, 0.4) is 0 Å². The number of aryl methyl sites for hydroxylation is 2. The van der Waals surface area contributed by atoms with Crippen LogP contribution >= 0.6 is 0 Å². The smallest absolute Gasteiger partial charge is 0.337 e. The second kappa shape index (κ2) is 10.6. The third kappa shape index (κ3) is 5.55. The fourth-order valence-electron chi connectivity index (χ4n) is 5.59. The predicted molar refractivity (Wildman–Crippen MR) is 147 cm³/mol. The Morgan fingerprint density at radius 2 is 1.69 bits per heavy atom. The highest BCUT2D eigenvalue weighted by Crippen LogP contribution is 2.44. The van der Waals surface area contributed by atoms with Gasteiger partial charge < -0.3 is 15.2 Å². The fourth-order valence-corrected chi connectivity index (χ4v) is 5.59. The summed E-state index contributed by atoms with van der Waals surface area (Å²) >= 11 is 0. The summed E-state index contributed by atoms with van der Waals surface area (Å²) in [4.78, 5) is 12.6. The molecule has 0 amide bonds. The molecule has 0 fully saturated rings. The van der Waals surface area contributed by atoms with Crippen LogP contribution in [-0.2, 0) is 22.4 Å². The van der Waals surface area contributed by atoms with Gasteiger partial charge in [0.05, 0.1) is 5.60 Å². The lowest BCUT2D eigenvalue weighted by atomic mass is 9.77. The molecule has 1 aliphatic rings. The van der Waals surface area contributed by atoms with Crippen molar-refractivity contribution >= 4 is 5.97 Å². The molecule has 0 aromatic heterocycles. The molecule has 2 atom stereocenters. The molecule has 0 bridgehead atoms. The maximum atomic E-state index is 12.6. The number of carboxylic acid groups (broad SMARTS) is 1. The second-order valence-corrected chi connectivity index (χ2v) is 11.0. The Bertz CT molecular complexity index is 1220. The summed E-state index contributed by atoms with van der Waals surface area (Å²) in [6.07, 6.45) is 1.82. The number of rotatable bonds is 7. The van der Waals surface area contributed by atoms with Crippen LogP contribution < -0.4 is 5.32 Å². The van der Waals surface area contributed by atoms with Crippen LogP contribution in [0.1, 0.15) is 78.3 Å². The molecule has 190 valence electrons. The van der Waals surface area contributed by atoms with Crippen molar-refractivity contribution in [2.24, 2.45) is 0 Å². The van der Waals surface area contributed by atoms with Gasteiger partial charge in [0, 0.05) is 11.6 Å². The van der Waals surface area contributed by atoms with E-state index in [1.165, 1.54) is 22.3 Å². The molecule has 4 rings (SSSR count). The molecule has 0 saturated heterocycles. The van der Waals surface area contributed by atoms with E-state index in [9.17, 15) is 9.90 Å². The molecule has 0 radical (unpaired) electrons.